The molecule has 2 N–H and O–H groups in total. The molecule has 0 unspecified atom stereocenters. The standard InChI is InChI=1S/C21H34N6O2/c1-16-25-26-19(27(16)5)15-24-20(22-12-9-13-28-6)23-14-17-10-7-8-11-18(17)29-21(2,3)4/h7-8,10-11H,9,12-15H2,1-6H3,(H2,22,23,24). The van der Waals surface area contributed by atoms with Gasteiger partial charge in [0.25, 0.3) is 0 Å². The molecule has 8 nitrogen and oxygen atoms in total. The highest BCUT2D eigenvalue weighted by molar-refractivity contribution is 5.79. The van der Waals surface area contributed by atoms with E-state index in [2.05, 4.69) is 20.8 Å². The summed E-state index contributed by atoms with van der Waals surface area (Å²) in [5.74, 6) is 3.30. The predicted molar refractivity (Wildman–Crippen MR) is 115 cm³/mol. The largest absolute Gasteiger partial charge is 0.488 e. The predicted octanol–water partition coefficient (Wildman–Crippen LogP) is 2.57. The number of ether oxygens (including phenoxy) is 2. The third kappa shape index (κ3) is 7.73. The van der Waals surface area contributed by atoms with Crippen molar-refractivity contribution in [2.45, 2.75) is 52.8 Å². The first kappa shape index (κ1) is 22.7. The molecular formula is C21H34N6O2. The molecule has 0 saturated heterocycles. The summed E-state index contributed by atoms with van der Waals surface area (Å²) in [5, 5.41) is 15.0. The third-order valence-electron chi connectivity index (χ3n) is 4.21. The Kier molecular flexibility index (Phi) is 8.45. The molecule has 0 aliphatic rings. The van der Waals surface area contributed by atoms with Crippen molar-refractivity contribution >= 4 is 5.96 Å². The number of para-hydroxylation sites is 1. The van der Waals surface area contributed by atoms with Crippen LogP contribution in [0.1, 0.15) is 44.4 Å². The van der Waals surface area contributed by atoms with Crippen molar-refractivity contribution in [2.24, 2.45) is 12.0 Å². The van der Waals surface area contributed by atoms with Crippen LogP contribution in [0.3, 0.4) is 0 Å². The fourth-order valence-electron chi connectivity index (χ4n) is 2.59. The molecule has 1 heterocycles. The third-order valence-corrected chi connectivity index (χ3v) is 4.21. The van der Waals surface area contributed by atoms with E-state index in [0.29, 0.717) is 25.7 Å². The molecule has 160 valence electrons. The molecule has 0 amide bonds. The van der Waals surface area contributed by atoms with Crippen LogP contribution in [-0.4, -0.2) is 46.6 Å². The number of benzene rings is 1. The molecule has 8 heteroatoms. The van der Waals surface area contributed by atoms with Gasteiger partial charge in [0.15, 0.2) is 11.8 Å². The van der Waals surface area contributed by atoms with E-state index in [1.165, 1.54) is 0 Å². The molecule has 0 aliphatic heterocycles. The lowest BCUT2D eigenvalue weighted by atomic mass is 10.1. The number of aryl methyl sites for hydroxylation is 1. The van der Waals surface area contributed by atoms with Crippen molar-refractivity contribution in [2.75, 3.05) is 20.3 Å². The van der Waals surface area contributed by atoms with Crippen LogP contribution in [0.15, 0.2) is 29.3 Å². The fourth-order valence-corrected chi connectivity index (χ4v) is 2.59. The van der Waals surface area contributed by atoms with Crippen LogP contribution in [-0.2, 0) is 24.9 Å². The van der Waals surface area contributed by atoms with E-state index in [9.17, 15) is 0 Å². The van der Waals surface area contributed by atoms with Crippen molar-refractivity contribution in [3.05, 3.63) is 41.5 Å². The zero-order valence-corrected chi connectivity index (χ0v) is 18.5. The normalized spacial score (nSPS) is 12.1. The second-order valence-corrected chi connectivity index (χ2v) is 7.84. The molecule has 1 aromatic carbocycles. The number of aromatic nitrogens is 3. The van der Waals surface area contributed by atoms with Gasteiger partial charge in [-0.2, -0.15) is 0 Å². The summed E-state index contributed by atoms with van der Waals surface area (Å²) in [6.07, 6.45) is 0.893. The van der Waals surface area contributed by atoms with Crippen LogP contribution in [0.2, 0.25) is 0 Å². The minimum Gasteiger partial charge on any atom is -0.488 e. The SMILES string of the molecule is COCCCNC(=NCc1ccccc1OC(C)(C)C)NCc1nnc(C)n1C. The fraction of sp³-hybridized carbons (Fsp3) is 0.571. The lowest BCUT2D eigenvalue weighted by molar-refractivity contribution is 0.129. The van der Waals surface area contributed by atoms with Crippen LogP contribution >= 0.6 is 0 Å². The molecule has 0 bridgehead atoms. The smallest absolute Gasteiger partial charge is 0.191 e. The molecule has 2 rings (SSSR count). The first-order valence-corrected chi connectivity index (χ1v) is 9.93. The van der Waals surface area contributed by atoms with Gasteiger partial charge in [-0.3, -0.25) is 0 Å². The van der Waals surface area contributed by atoms with Crippen molar-refractivity contribution in [3.8, 4) is 5.75 Å². The Morgan fingerprint density at radius 3 is 2.59 bits per heavy atom. The Balaban J connectivity index is 2.09. The van der Waals surface area contributed by atoms with E-state index in [0.717, 1.165) is 35.9 Å². The van der Waals surface area contributed by atoms with Gasteiger partial charge in [-0.25, -0.2) is 4.99 Å². The van der Waals surface area contributed by atoms with Gasteiger partial charge in [0, 0.05) is 32.9 Å². The van der Waals surface area contributed by atoms with E-state index >= 15 is 0 Å². The first-order valence-electron chi connectivity index (χ1n) is 9.93. The minimum absolute atomic E-state index is 0.262. The van der Waals surface area contributed by atoms with Crippen molar-refractivity contribution < 1.29 is 9.47 Å². The van der Waals surface area contributed by atoms with Gasteiger partial charge in [-0.1, -0.05) is 18.2 Å². The Morgan fingerprint density at radius 1 is 1.17 bits per heavy atom. The maximum atomic E-state index is 6.08. The Bertz CT molecular complexity index is 795. The monoisotopic (exact) mass is 402 g/mol. The zero-order chi connectivity index (χ0) is 21.3. The summed E-state index contributed by atoms with van der Waals surface area (Å²) in [6.45, 7) is 10.6. The molecular weight excluding hydrogens is 368 g/mol. The van der Waals surface area contributed by atoms with Crippen LogP contribution in [0, 0.1) is 6.92 Å². The van der Waals surface area contributed by atoms with Gasteiger partial charge >= 0.3 is 0 Å². The Labute approximate surface area is 173 Å². The number of nitrogens with one attached hydrogen (secondary N) is 2. The molecule has 0 spiro atoms. The van der Waals surface area contributed by atoms with Gasteiger partial charge in [0.2, 0.25) is 0 Å². The molecule has 0 saturated carbocycles. The summed E-state index contributed by atoms with van der Waals surface area (Å²) in [7, 11) is 3.66. The highest BCUT2D eigenvalue weighted by Crippen LogP contribution is 2.23. The highest BCUT2D eigenvalue weighted by atomic mass is 16.5. The number of methoxy groups -OCH3 is 1. The number of guanidine groups is 1. The summed E-state index contributed by atoms with van der Waals surface area (Å²) in [5.41, 5.74) is 0.775. The van der Waals surface area contributed by atoms with Crippen LogP contribution in [0.25, 0.3) is 0 Å². The summed E-state index contributed by atoms with van der Waals surface area (Å²) < 4.78 is 13.2. The average Bonchev–Trinajstić information content (AvgIpc) is 2.98. The van der Waals surface area contributed by atoms with E-state index in [1.807, 2.05) is 63.6 Å². The van der Waals surface area contributed by atoms with Gasteiger partial charge in [-0.05, 0) is 40.2 Å². The number of nitrogens with zero attached hydrogens (tertiary/aromatic N) is 4. The van der Waals surface area contributed by atoms with Crippen LogP contribution in [0.4, 0.5) is 0 Å². The molecule has 0 radical (unpaired) electrons. The molecule has 0 atom stereocenters. The minimum atomic E-state index is -0.262. The lowest BCUT2D eigenvalue weighted by Gasteiger charge is -2.23. The molecule has 0 fully saturated rings. The molecule has 2 aromatic rings. The van der Waals surface area contributed by atoms with Crippen molar-refractivity contribution in [3.63, 3.8) is 0 Å². The summed E-state index contributed by atoms with van der Waals surface area (Å²) in [6, 6.07) is 8.01. The van der Waals surface area contributed by atoms with Gasteiger partial charge in [-0.15, -0.1) is 10.2 Å². The second kappa shape index (κ2) is 10.8. The van der Waals surface area contributed by atoms with E-state index in [4.69, 9.17) is 14.5 Å². The van der Waals surface area contributed by atoms with E-state index in [1.54, 1.807) is 7.11 Å². The van der Waals surface area contributed by atoms with Crippen molar-refractivity contribution in [1.82, 2.24) is 25.4 Å². The van der Waals surface area contributed by atoms with E-state index in [-0.39, 0.29) is 5.60 Å². The topological polar surface area (TPSA) is 85.6 Å². The Morgan fingerprint density at radius 2 is 1.93 bits per heavy atom. The number of aliphatic imine (C=N–C) groups is 1. The first-order chi connectivity index (χ1) is 13.8. The molecule has 1 aromatic heterocycles. The lowest BCUT2D eigenvalue weighted by Crippen LogP contribution is -2.38. The van der Waals surface area contributed by atoms with Gasteiger partial charge in [0.05, 0.1) is 13.1 Å². The summed E-state index contributed by atoms with van der Waals surface area (Å²) >= 11 is 0. The van der Waals surface area contributed by atoms with Crippen molar-refractivity contribution in [1.29, 1.82) is 0 Å². The summed E-state index contributed by atoms with van der Waals surface area (Å²) in [4.78, 5) is 4.75. The van der Waals surface area contributed by atoms with E-state index < -0.39 is 0 Å². The maximum absolute atomic E-state index is 6.08. The zero-order valence-electron chi connectivity index (χ0n) is 18.5. The van der Waals surface area contributed by atoms with Crippen LogP contribution in [0.5, 0.6) is 5.75 Å². The second-order valence-electron chi connectivity index (χ2n) is 7.84. The van der Waals surface area contributed by atoms with Crippen LogP contribution < -0.4 is 15.4 Å². The molecule has 0 aliphatic carbocycles. The van der Waals surface area contributed by atoms with Gasteiger partial charge < -0.3 is 24.7 Å². The molecule has 29 heavy (non-hydrogen) atoms. The quantitative estimate of drug-likeness (QED) is 0.381. The maximum Gasteiger partial charge on any atom is 0.191 e. The van der Waals surface area contributed by atoms with Gasteiger partial charge in [0.1, 0.15) is 17.2 Å². The number of hydrogen-bond donors (Lipinski definition) is 2. The number of rotatable bonds is 9. The highest BCUT2D eigenvalue weighted by Gasteiger charge is 2.14. The average molecular weight is 403 g/mol. The Hall–Kier alpha value is -2.61. The number of hydrogen-bond acceptors (Lipinski definition) is 5.